The normalized spacial score (nSPS) is 13.4. The molecule has 1 unspecified atom stereocenters. The van der Waals surface area contributed by atoms with E-state index in [1.54, 1.807) is 0 Å². The predicted molar refractivity (Wildman–Crippen MR) is 88.5 cm³/mol. The van der Waals surface area contributed by atoms with Gasteiger partial charge in [0.25, 0.3) is 0 Å². The number of hydrogen-bond acceptors (Lipinski definition) is 2. The zero-order valence-electron chi connectivity index (χ0n) is 13.1. The highest BCUT2D eigenvalue weighted by Crippen LogP contribution is 2.28. The van der Waals surface area contributed by atoms with E-state index in [0.717, 1.165) is 0 Å². The van der Waals surface area contributed by atoms with Crippen molar-refractivity contribution >= 4 is 0 Å². The maximum atomic E-state index is 9.93. The van der Waals surface area contributed by atoms with Gasteiger partial charge in [0.2, 0.25) is 0 Å². The molecule has 21 heavy (non-hydrogen) atoms. The van der Waals surface area contributed by atoms with Crippen molar-refractivity contribution in [1.29, 1.82) is 0 Å². The summed E-state index contributed by atoms with van der Waals surface area (Å²) in [5.74, 6) is 0.273. The summed E-state index contributed by atoms with van der Waals surface area (Å²) in [4.78, 5) is 0. The molecule has 0 spiro atoms. The van der Waals surface area contributed by atoms with Gasteiger partial charge < -0.3 is 10.4 Å². The molecule has 2 heteroatoms. The van der Waals surface area contributed by atoms with Gasteiger partial charge in [-0.2, -0.15) is 0 Å². The number of benzene rings is 2. The second-order valence-corrected chi connectivity index (χ2v) is 6.28. The molecule has 112 valence electrons. The third-order valence-electron chi connectivity index (χ3n) is 3.67. The summed E-state index contributed by atoms with van der Waals surface area (Å²) < 4.78 is 0. The number of rotatable bonds is 6. The third kappa shape index (κ3) is 4.69. The minimum absolute atomic E-state index is 0.237. The molecule has 0 amide bonds. The first-order chi connectivity index (χ1) is 9.97. The molecule has 2 rings (SSSR count). The molecule has 2 aromatic carbocycles. The highest BCUT2D eigenvalue weighted by molar-refractivity contribution is 5.34. The minimum atomic E-state index is -0.702. The molecule has 0 aliphatic heterocycles. The lowest BCUT2D eigenvalue weighted by Gasteiger charge is -2.29. The molecule has 0 heterocycles. The Balaban J connectivity index is 2.25. The molecular formula is C19H25NO. The van der Waals surface area contributed by atoms with Crippen molar-refractivity contribution in [2.24, 2.45) is 0 Å². The van der Waals surface area contributed by atoms with E-state index in [9.17, 15) is 5.11 Å². The van der Waals surface area contributed by atoms with Crippen molar-refractivity contribution in [2.75, 3.05) is 6.54 Å². The van der Waals surface area contributed by atoms with Gasteiger partial charge in [-0.15, -0.1) is 0 Å². The Morgan fingerprint density at radius 2 is 1.33 bits per heavy atom. The lowest BCUT2D eigenvalue weighted by molar-refractivity contribution is 0.0764. The van der Waals surface area contributed by atoms with Crippen molar-refractivity contribution in [3.05, 3.63) is 71.8 Å². The van der Waals surface area contributed by atoms with Crippen LogP contribution < -0.4 is 5.32 Å². The third-order valence-corrected chi connectivity index (χ3v) is 3.67. The maximum absolute atomic E-state index is 9.93. The molecule has 0 bridgehead atoms. The van der Waals surface area contributed by atoms with Crippen LogP contribution >= 0.6 is 0 Å². The maximum Gasteiger partial charge on any atom is 0.0715 e. The lowest BCUT2D eigenvalue weighted by atomic mass is 9.85. The van der Waals surface area contributed by atoms with Crippen LogP contribution in [0.2, 0.25) is 0 Å². The molecule has 0 saturated carbocycles. The summed E-state index contributed by atoms with van der Waals surface area (Å²) >= 11 is 0. The van der Waals surface area contributed by atoms with Crippen molar-refractivity contribution in [2.45, 2.75) is 38.3 Å². The molecule has 0 aliphatic carbocycles. The molecule has 2 N–H and O–H groups in total. The Morgan fingerprint density at radius 3 is 1.71 bits per heavy atom. The lowest BCUT2D eigenvalue weighted by Crippen LogP contribution is -2.42. The summed E-state index contributed by atoms with van der Waals surface area (Å²) in [5.41, 5.74) is 1.88. The van der Waals surface area contributed by atoms with E-state index in [-0.39, 0.29) is 12.0 Å². The average molecular weight is 283 g/mol. The van der Waals surface area contributed by atoms with Crippen LogP contribution in [0.4, 0.5) is 0 Å². The van der Waals surface area contributed by atoms with Gasteiger partial charge in [0.05, 0.1) is 5.60 Å². The fourth-order valence-corrected chi connectivity index (χ4v) is 2.62. The molecule has 0 saturated heterocycles. The summed E-state index contributed by atoms with van der Waals surface area (Å²) in [5, 5.41) is 13.4. The molecule has 2 nitrogen and oxygen atoms in total. The minimum Gasteiger partial charge on any atom is -0.389 e. The van der Waals surface area contributed by atoms with E-state index in [1.807, 2.05) is 26.0 Å². The average Bonchev–Trinajstić information content (AvgIpc) is 2.47. The second-order valence-electron chi connectivity index (χ2n) is 6.28. The first-order valence-electron chi connectivity index (χ1n) is 7.53. The Bertz CT molecular complexity index is 491. The van der Waals surface area contributed by atoms with Crippen LogP contribution in [-0.4, -0.2) is 23.3 Å². The fraction of sp³-hybridized carbons (Fsp3) is 0.368. The van der Waals surface area contributed by atoms with Crippen molar-refractivity contribution in [1.82, 2.24) is 5.32 Å². The Labute approximate surface area is 127 Å². The largest absolute Gasteiger partial charge is 0.389 e. The van der Waals surface area contributed by atoms with Crippen LogP contribution in [0.25, 0.3) is 0 Å². The van der Waals surface area contributed by atoms with E-state index < -0.39 is 5.60 Å². The smallest absolute Gasteiger partial charge is 0.0715 e. The monoisotopic (exact) mass is 283 g/mol. The zero-order chi connectivity index (χ0) is 15.3. The second kappa shape index (κ2) is 6.88. The van der Waals surface area contributed by atoms with Crippen LogP contribution in [-0.2, 0) is 0 Å². The number of hydrogen-bond donors (Lipinski definition) is 2. The van der Waals surface area contributed by atoms with Crippen LogP contribution in [0, 0.1) is 0 Å². The van der Waals surface area contributed by atoms with E-state index in [2.05, 4.69) is 60.8 Å². The first-order valence-corrected chi connectivity index (χ1v) is 7.53. The molecular weight excluding hydrogens is 258 g/mol. The van der Waals surface area contributed by atoms with Crippen LogP contribution in [0.15, 0.2) is 60.7 Å². The van der Waals surface area contributed by atoms with Gasteiger partial charge >= 0.3 is 0 Å². The molecule has 1 atom stereocenters. The standard InChI is InChI=1S/C19H25NO/c1-15(20-14-19(2,3)21)18(16-10-6-4-7-11-16)17-12-8-5-9-13-17/h4-13,15,18,20-21H,14H2,1-3H3. The van der Waals surface area contributed by atoms with Gasteiger partial charge in [-0.3, -0.25) is 0 Å². The van der Waals surface area contributed by atoms with Gasteiger partial charge in [-0.05, 0) is 31.9 Å². The topological polar surface area (TPSA) is 32.3 Å². The van der Waals surface area contributed by atoms with Gasteiger partial charge in [-0.1, -0.05) is 60.7 Å². The fourth-order valence-electron chi connectivity index (χ4n) is 2.62. The highest BCUT2D eigenvalue weighted by atomic mass is 16.3. The van der Waals surface area contributed by atoms with Crippen LogP contribution in [0.5, 0.6) is 0 Å². The Morgan fingerprint density at radius 1 is 0.905 bits per heavy atom. The summed E-state index contributed by atoms with van der Waals surface area (Å²) in [6.45, 7) is 6.40. The van der Waals surface area contributed by atoms with Gasteiger partial charge in [0, 0.05) is 18.5 Å². The molecule has 0 aromatic heterocycles. The van der Waals surface area contributed by atoms with Crippen molar-refractivity contribution in [3.63, 3.8) is 0 Å². The number of aliphatic hydroxyl groups is 1. The van der Waals surface area contributed by atoms with Crippen molar-refractivity contribution < 1.29 is 5.11 Å². The number of nitrogens with one attached hydrogen (secondary N) is 1. The summed E-state index contributed by atoms with van der Waals surface area (Å²) in [6, 6.07) is 21.3. The summed E-state index contributed by atoms with van der Waals surface area (Å²) in [6.07, 6.45) is 0. The first kappa shape index (κ1) is 15.7. The van der Waals surface area contributed by atoms with E-state index in [1.165, 1.54) is 11.1 Å². The quantitative estimate of drug-likeness (QED) is 0.849. The van der Waals surface area contributed by atoms with Gasteiger partial charge in [-0.25, -0.2) is 0 Å². The molecule has 2 aromatic rings. The van der Waals surface area contributed by atoms with Crippen molar-refractivity contribution in [3.8, 4) is 0 Å². The van der Waals surface area contributed by atoms with Gasteiger partial charge in [0.15, 0.2) is 0 Å². The SMILES string of the molecule is CC(NCC(C)(C)O)C(c1ccccc1)c1ccccc1. The van der Waals surface area contributed by atoms with Gasteiger partial charge in [0.1, 0.15) is 0 Å². The molecule has 0 aliphatic rings. The summed E-state index contributed by atoms with van der Waals surface area (Å²) in [7, 11) is 0. The van der Waals surface area contributed by atoms with Crippen LogP contribution in [0.1, 0.15) is 37.8 Å². The van der Waals surface area contributed by atoms with E-state index in [0.29, 0.717) is 6.54 Å². The molecule has 0 radical (unpaired) electrons. The Kier molecular flexibility index (Phi) is 5.16. The zero-order valence-corrected chi connectivity index (χ0v) is 13.1. The molecule has 0 fully saturated rings. The van der Waals surface area contributed by atoms with E-state index in [4.69, 9.17) is 0 Å². The highest BCUT2D eigenvalue weighted by Gasteiger charge is 2.23. The van der Waals surface area contributed by atoms with E-state index >= 15 is 0 Å². The van der Waals surface area contributed by atoms with Crippen LogP contribution in [0.3, 0.4) is 0 Å². The Hall–Kier alpha value is -1.64. The predicted octanol–water partition coefficient (Wildman–Crippen LogP) is 3.57.